The van der Waals surface area contributed by atoms with Crippen LogP contribution in [0.25, 0.3) is 0 Å². The minimum atomic E-state index is -2.09. The molecule has 6 nitrogen and oxygen atoms in total. The van der Waals surface area contributed by atoms with Crippen LogP contribution in [0, 0.1) is 11.8 Å². The van der Waals surface area contributed by atoms with Gasteiger partial charge in [-0.25, -0.2) is 0 Å². The highest BCUT2D eigenvalue weighted by molar-refractivity contribution is 6.39. The van der Waals surface area contributed by atoms with Crippen molar-refractivity contribution >= 4 is 17.5 Å². The fraction of sp³-hybridized carbons (Fsp3) is 0.824. The molecular weight excluding hydrogens is 298 g/mol. The number of Topliss-reactive ketones (excluding diaryl/α,β-unsaturated/α-hetero) is 2. The van der Waals surface area contributed by atoms with E-state index in [1.807, 2.05) is 13.8 Å². The van der Waals surface area contributed by atoms with Gasteiger partial charge >= 0.3 is 0 Å². The van der Waals surface area contributed by atoms with E-state index in [4.69, 9.17) is 4.74 Å². The van der Waals surface area contributed by atoms with Crippen LogP contribution in [0.3, 0.4) is 0 Å². The van der Waals surface area contributed by atoms with Crippen molar-refractivity contribution in [1.29, 1.82) is 0 Å². The molecule has 2 saturated heterocycles. The number of hydrogen-bond acceptors (Lipinski definition) is 5. The summed E-state index contributed by atoms with van der Waals surface area (Å²) in [6, 6.07) is -0.560. The van der Waals surface area contributed by atoms with Crippen molar-refractivity contribution in [2.75, 3.05) is 6.54 Å². The largest absolute Gasteiger partial charge is 0.359 e. The molecule has 0 aromatic rings. The summed E-state index contributed by atoms with van der Waals surface area (Å²) in [4.78, 5) is 38.2. The molecule has 4 atom stereocenters. The van der Waals surface area contributed by atoms with Gasteiger partial charge in [0.1, 0.15) is 0 Å². The average Bonchev–Trinajstić information content (AvgIpc) is 2.98. The molecule has 0 radical (unpaired) electrons. The van der Waals surface area contributed by atoms with E-state index in [0.29, 0.717) is 25.8 Å². The average molecular weight is 325 g/mol. The van der Waals surface area contributed by atoms with Crippen molar-refractivity contribution in [2.24, 2.45) is 11.8 Å². The highest BCUT2D eigenvalue weighted by Gasteiger charge is 2.52. The summed E-state index contributed by atoms with van der Waals surface area (Å²) in [5.74, 6) is -4.27. The number of carbonyl (C=O) groups is 3. The minimum Gasteiger partial charge on any atom is -0.359 e. The molecule has 23 heavy (non-hydrogen) atoms. The molecule has 1 amide bonds. The third kappa shape index (κ3) is 3.33. The topological polar surface area (TPSA) is 83.9 Å². The summed E-state index contributed by atoms with van der Waals surface area (Å²) in [6.45, 7) is 7.42. The van der Waals surface area contributed by atoms with Gasteiger partial charge in [-0.1, -0.05) is 20.8 Å². The van der Waals surface area contributed by atoms with Crippen LogP contribution < -0.4 is 0 Å². The van der Waals surface area contributed by atoms with Crippen LogP contribution in [-0.2, 0) is 19.1 Å². The number of aliphatic hydroxyl groups is 1. The van der Waals surface area contributed by atoms with Crippen molar-refractivity contribution < 1.29 is 24.2 Å². The zero-order chi connectivity index (χ0) is 17.4. The van der Waals surface area contributed by atoms with E-state index >= 15 is 0 Å². The first-order valence-electron chi connectivity index (χ1n) is 8.44. The first-order chi connectivity index (χ1) is 10.7. The van der Waals surface area contributed by atoms with Crippen molar-refractivity contribution in [2.45, 2.75) is 71.3 Å². The third-order valence-electron chi connectivity index (χ3n) is 5.13. The lowest BCUT2D eigenvalue weighted by Gasteiger charge is -2.42. The van der Waals surface area contributed by atoms with Gasteiger partial charge in [-0.3, -0.25) is 14.4 Å². The van der Waals surface area contributed by atoms with Gasteiger partial charge < -0.3 is 14.7 Å². The molecule has 2 rings (SSSR count). The Morgan fingerprint density at radius 1 is 1.22 bits per heavy atom. The van der Waals surface area contributed by atoms with E-state index in [0.717, 1.165) is 6.42 Å². The van der Waals surface area contributed by atoms with Crippen LogP contribution in [0.4, 0.5) is 0 Å². The monoisotopic (exact) mass is 325 g/mol. The number of nitrogens with zero attached hydrogens (tertiary/aromatic N) is 1. The molecule has 0 aromatic heterocycles. The summed E-state index contributed by atoms with van der Waals surface area (Å²) in [5, 5.41) is 10.8. The van der Waals surface area contributed by atoms with E-state index in [9.17, 15) is 19.5 Å². The van der Waals surface area contributed by atoms with Crippen LogP contribution in [0.1, 0.15) is 53.4 Å². The summed E-state index contributed by atoms with van der Waals surface area (Å²) >= 11 is 0. The van der Waals surface area contributed by atoms with Gasteiger partial charge in [0.05, 0.1) is 12.1 Å². The van der Waals surface area contributed by atoms with Gasteiger partial charge in [0, 0.05) is 12.5 Å². The first kappa shape index (κ1) is 18.1. The molecule has 6 heteroatoms. The van der Waals surface area contributed by atoms with Gasteiger partial charge in [-0.05, 0) is 38.5 Å². The normalized spacial score (nSPS) is 34.7. The summed E-state index contributed by atoms with van der Waals surface area (Å²) in [5.41, 5.74) is 0. The van der Waals surface area contributed by atoms with E-state index in [2.05, 4.69) is 0 Å². The number of ether oxygens (including phenoxy) is 1. The highest BCUT2D eigenvalue weighted by atomic mass is 16.6. The van der Waals surface area contributed by atoms with Gasteiger partial charge in [0.15, 0.2) is 5.78 Å². The number of ketones is 2. The third-order valence-corrected chi connectivity index (χ3v) is 5.13. The SMILES string of the molecule is CC(=O)C1CCCN1C(=O)C(=O)C1(O)OC(C(C)C)CCC1C. The molecule has 0 saturated carbocycles. The summed E-state index contributed by atoms with van der Waals surface area (Å²) in [6.07, 6.45) is 2.37. The van der Waals surface area contributed by atoms with Crippen LogP contribution in [-0.4, -0.2) is 52.0 Å². The van der Waals surface area contributed by atoms with Gasteiger partial charge in [-0.2, -0.15) is 0 Å². The molecule has 2 fully saturated rings. The lowest BCUT2D eigenvalue weighted by molar-refractivity contribution is -0.268. The van der Waals surface area contributed by atoms with E-state index in [1.165, 1.54) is 11.8 Å². The van der Waals surface area contributed by atoms with Gasteiger partial charge in [0.2, 0.25) is 5.79 Å². The molecule has 2 heterocycles. The molecule has 0 aromatic carbocycles. The van der Waals surface area contributed by atoms with Crippen LogP contribution in [0.15, 0.2) is 0 Å². The number of likely N-dealkylation sites (tertiary alicyclic amines) is 1. The number of hydrogen-bond donors (Lipinski definition) is 1. The van der Waals surface area contributed by atoms with Crippen molar-refractivity contribution in [3.05, 3.63) is 0 Å². The quantitative estimate of drug-likeness (QED) is 0.788. The number of rotatable bonds is 4. The fourth-order valence-corrected chi connectivity index (χ4v) is 3.48. The Morgan fingerprint density at radius 2 is 1.87 bits per heavy atom. The standard InChI is InChI=1S/C17H27NO5/c1-10(2)14-8-7-11(3)17(22,23-14)15(20)16(21)18-9-5-6-13(18)12(4)19/h10-11,13-14,22H,5-9H2,1-4H3. The zero-order valence-corrected chi connectivity index (χ0v) is 14.4. The molecule has 1 N–H and O–H groups in total. The molecule has 4 unspecified atom stereocenters. The van der Waals surface area contributed by atoms with Crippen molar-refractivity contribution in [3.8, 4) is 0 Å². The smallest absolute Gasteiger partial charge is 0.296 e. The maximum absolute atomic E-state index is 12.7. The fourth-order valence-electron chi connectivity index (χ4n) is 3.48. The van der Waals surface area contributed by atoms with E-state index < -0.39 is 29.4 Å². The summed E-state index contributed by atoms with van der Waals surface area (Å²) < 4.78 is 5.66. The second kappa shape index (κ2) is 6.69. The molecule has 130 valence electrons. The lowest BCUT2D eigenvalue weighted by Crippen LogP contribution is -2.59. The first-order valence-corrected chi connectivity index (χ1v) is 8.44. The Morgan fingerprint density at radius 3 is 2.43 bits per heavy atom. The predicted molar refractivity (Wildman–Crippen MR) is 83.5 cm³/mol. The van der Waals surface area contributed by atoms with Crippen LogP contribution in [0.5, 0.6) is 0 Å². The Hall–Kier alpha value is -1.27. The zero-order valence-electron chi connectivity index (χ0n) is 14.4. The Kier molecular flexibility index (Phi) is 5.26. The lowest BCUT2D eigenvalue weighted by atomic mass is 9.84. The Labute approximate surface area is 137 Å². The van der Waals surface area contributed by atoms with Gasteiger partial charge in [0.25, 0.3) is 11.7 Å². The molecular formula is C17H27NO5. The summed E-state index contributed by atoms with van der Waals surface area (Å²) in [7, 11) is 0. The number of carbonyl (C=O) groups excluding carboxylic acids is 3. The van der Waals surface area contributed by atoms with E-state index in [1.54, 1.807) is 6.92 Å². The van der Waals surface area contributed by atoms with Crippen LogP contribution in [0.2, 0.25) is 0 Å². The minimum absolute atomic E-state index is 0.131. The molecule has 0 aliphatic carbocycles. The Bertz CT molecular complexity index is 503. The molecule has 2 aliphatic heterocycles. The number of amides is 1. The highest BCUT2D eigenvalue weighted by Crippen LogP contribution is 2.36. The maximum atomic E-state index is 12.7. The van der Waals surface area contributed by atoms with Crippen LogP contribution >= 0.6 is 0 Å². The predicted octanol–water partition coefficient (Wildman–Crippen LogP) is 1.30. The second-order valence-electron chi connectivity index (χ2n) is 7.17. The molecule has 2 aliphatic rings. The van der Waals surface area contributed by atoms with Gasteiger partial charge in [-0.15, -0.1) is 0 Å². The van der Waals surface area contributed by atoms with E-state index in [-0.39, 0.29) is 17.8 Å². The Balaban J connectivity index is 2.19. The molecule has 0 bridgehead atoms. The van der Waals surface area contributed by atoms with Crippen molar-refractivity contribution in [3.63, 3.8) is 0 Å². The molecule has 0 spiro atoms. The van der Waals surface area contributed by atoms with Crippen molar-refractivity contribution in [1.82, 2.24) is 4.90 Å². The second-order valence-corrected chi connectivity index (χ2v) is 7.17. The maximum Gasteiger partial charge on any atom is 0.296 e.